The van der Waals surface area contributed by atoms with Crippen LogP contribution in [0.15, 0.2) is 76.7 Å². The zero-order valence-electron chi connectivity index (χ0n) is 13.0. The Morgan fingerprint density at radius 2 is 1.84 bits per heavy atom. The van der Waals surface area contributed by atoms with Crippen LogP contribution in [0.1, 0.15) is 5.89 Å². The third-order valence-electron chi connectivity index (χ3n) is 3.56. The van der Waals surface area contributed by atoms with E-state index in [2.05, 4.69) is 15.2 Å². The molecule has 0 aliphatic carbocycles. The van der Waals surface area contributed by atoms with Crippen molar-refractivity contribution in [2.24, 2.45) is 0 Å². The van der Waals surface area contributed by atoms with Gasteiger partial charge in [-0.25, -0.2) is 9.37 Å². The highest BCUT2D eigenvalue weighted by atomic mass is 32.2. The zero-order chi connectivity index (χ0) is 17.1. The molecule has 25 heavy (non-hydrogen) atoms. The Morgan fingerprint density at radius 3 is 2.64 bits per heavy atom. The molecule has 0 atom stereocenters. The molecule has 2 heterocycles. The van der Waals surface area contributed by atoms with Crippen molar-refractivity contribution in [1.82, 2.24) is 19.7 Å². The van der Waals surface area contributed by atoms with Crippen molar-refractivity contribution >= 4 is 11.8 Å². The van der Waals surface area contributed by atoms with Gasteiger partial charge in [0.2, 0.25) is 5.89 Å². The average molecular weight is 352 g/mol. The second kappa shape index (κ2) is 6.90. The first-order valence-corrected chi connectivity index (χ1v) is 8.57. The fourth-order valence-electron chi connectivity index (χ4n) is 2.34. The fourth-order valence-corrected chi connectivity index (χ4v) is 3.12. The molecule has 0 aliphatic rings. The zero-order valence-corrected chi connectivity index (χ0v) is 13.9. The van der Waals surface area contributed by atoms with Crippen LogP contribution in [-0.2, 0) is 5.75 Å². The second-order valence-electron chi connectivity index (χ2n) is 5.23. The van der Waals surface area contributed by atoms with Gasteiger partial charge >= 0.3 is 0 Å². The van der Waals surface area contributed by atoms with E-state index < -0.39 is 0 Å². The van der Waals surface area contributed by atoms with Crippen molar-refractivity contribution in [2.45, 2.75) is 10.9 Å². The highest BCUT2D eigenvalue weighted by Crippen LogP contribution is 2.26. The van der Waals surface area contributed by atoms with E-state index in [1.165, 1.54) is 23.9 Å². The van der Waals surface area contributed by atoms with Gasteiger partial charge in [0.15, 0.2) is 10.9 Å². The van der Waals surface area contributed by atoms with Crippen LogP contribution in [0.2, 0.25) is 0 Å². The number of benzene rings is 2. The summed E-state index contributed by atoms with van der Waals surface area (Å²) in [5, 5.41) is 8.88. The molecule has 0 radical (unpaired) electrons. The first-order valence-electron chi connectivity index (χ1n) is 7.58. The standard InChI is InChI=1S/C18H13FN4OS/c19-14-8-6-13(7-9-14)16-10-20-17(24-16)11-25-18-22-21-12-23(18)15-4-2-1-3-5-15/h1-10,12H,11H2. The lowest BCUT2D eigenvalue weighted by Crippen LogP contribution is -1.94. The van der Waals surface area contributed by atoms with Crippen LogP contribution >= 0.6 is 11.8 Å². The molecular weight excluding hydrogens is 339 g/mol. The van der Waals surface area contributed by atoms with Crippen LogP contribution < -0.4 is 0 Å². The van der Waals surface area contributed by atoms with Crippen LogP contribution in [0.4, 0.5) is 4.39 Å². The molecule has 0 unspecified atom stereocenters. The molecule has 0 spiro atoms. The number of oxazole rings is 1. The van der Waals surface area contributed by atoms with E-state index >= 15 is 0 Å². The Hall–Kier alpha value is -2.93. The van der Waals surface area contributed by atoms with Gasteiger partial charge in [-0.2, -0.15) is 0 Å². The number of nitrogens with zero attached hydrogens (tertiary/aromatic N) is 4. The third-order valence-corrected chi connectivity index (χ3v) is 4.49. The van der Waals surface area contributed by atoms with E-state index in [1.54, 1.807) is 24.7 Å². The highest BCUT2D eigenvalue weighted by molar-refractivity contribution is 7.98. The molecule has 5 nitrogen and oxygen atoms in total. The van der Waals surface area contributed by atoms with Gasteiger partial charge in [0.1, 0.15) is 12.1 Å². The van der Waals surface area contributed by atoms with E-state index in [1.807, 2.05) is 34.9 Å². The van der Waals surface area contributed by atoms with E-state index in [-0.39, 0.29) is 5.82 Å². The van der Waals surface area contributed by atoms with Crippen LogP contribution in [-0.4, -0.2) is 19.7 Å². The third kappa shape index (κ3) is 3.46. The van der Waals surface area contributed by atoms with Gasteiger partial charge in [-0.15, -0.1) is 10.2 Å². The number of aromatic nitrogens is 4. The Bertz CT molecular complexity index is 966. The maximum atomic E-state index is 13.0. The minimum absolute atomic E-state index is 0.278. The van der Waals surface area contributed by atoms with Crippen molar-refractivity contribution in [2.75, 3.05) is 0 Å². The molecule has 2 aromatic heterocycles. The van der Waals surface area contributed by atoms with Gasteiger partial charge in [0, 0.05) is 11.3 Å². The normalized spacial score (nSPS) is 10.9. The number of thioether (sulfide) groups is 1. The average Bonchev–Trinajstić information content (AvgIpc) is 3.31. The van der Waals surface area contributed by atoms with Crippen molar-refractivity contribution in [3.63, 3.8) is 0 Å². The predicted octanol–water partition coefficient (Wildman–Crippen LogP) is 4.35. The molecule has 2 aromatic carbocycles. The molecular formula is C18H13FN4OS. The number of para-hydroxylation sites is 1. The van der Waals surface area contributed by atoms with Gasteiger partial charge in [0.05, 0.1) is 11.9 Å². The quantitative estimate of drug-likeness (QED) is 0.500. The SMILES string of the molecule is Fc1ccc(-c2cnc(CSc3nncn3-c3ccccc3)o2)cc1. The second-order valence-corrected chi connectivity index (χ2v) is 6.18. The summed E-state index contributed by atoms with van der Waals surface area (Å²) >= 11 is 1.49. The smallest absolute Gasteiger partial charge is 0.205 e. The summed E-state index contributed by atoms with van der Waals surface area (Å²) in [6.45, 7) is 0. The van der Waals surface area contributed by atoms with Gasteiger partial charge in [-0.1, -0.05) is 30.0 Å². The van der Waals surface area contributed by atoms with Crippen LogP contribution in [0.3, 0.4) is 0 Å². The molecule has 124 valence electrons. The Kier molecular flexibility index (Phi) is 4.30. The molecule has 4 aromatic rings. The number of hydrogen-bond donors (Lipinski definition) is 0. The molecule has 4 rings (SSSR count). The summed E-state index contributed by atoms with van der Waals surface area (Å²) in [5.74, 6) is 1.43. The Balaban J connectivity index is 1.48. The number of rotatable bonds is 5. The molecule has 0 amide bonds. The van der Waals surface area contributed by atoms with Crippen molar-refractivity contribution in [3.8, 4) is 17.0 Å². The monoisotopic (exact) mass is 352 g/mol. The number of halogens is 1. The Labute approximate surface area is 147 Å². The van der Waals surface area contributed by atoms with E-state index in [9.17, 15) is 4.39 Å². The predicted molar refractivity (Wildman–Crippen MR) is 92.8 cm³/mol. The topological polar surface area (TPSA) is 56.7 Å². The van der Waals surface area contributed by atoms with Crippen LogP contribution in [0.25, 0.3) is 17.0 Å². The van der Waals surface area contributed by atoms with Crippen LogP contribution in [0, 0.1) is 5.82 Å². The summed E-state index contributed by atoms with van der Waals surface area (Å²) in [5.41, 5.74) is 1.78. The van der Waals surface area contributed by atoms with Crippen LogP contribution in [0.5, 0.6) is 0 Å². The molecule has 0 aliphatic heterocycles. The molecule has 0 fully saturated rings. The van der Waals surface area contributed by atoms with Gasteiger partial charge < -0.3 is 4.42 Å². The first kappa shape index (κ1) is 15.6. The molecule has 7 heteroatoms. The van der Waals surface area contributed by atoms with Gasteiger partial charge in [-0.3, -0.25) is 4.57 Å². The summed E-state index contributed by atoms with van der Waals surface area (Å²) in [4.78, 5) is 4.28. The van der Waals surface area contributed by atoms with E-state index in [0.29, 0.717) is 17.4 Å². The molecule has 0 saturated heterocycles. The Morgan fingerprint density at radius 1 is 1.04 bits per heavy atom. The lowest BCUT2D eigenvalue weighted by Gasteiger charge is -2.04. The number of hydrogen-bond acceptors (Lipinski definition) is 5. The van der Waals surface area contributed by atoms with Crippen molar-refractivity contribution in [1.29, 1.82) is 0 Å². The molecule has 0 N–H and O–H groups in total. The largest absolute Gasteiger partial charge is 0.440 e. The maximum absolute atomic E-state index is 13.0. The highest BCUT2D eigenvalue weighted by Gasteiger charge is 2.11. The van der Waals surface area contributed by atoms with E-state index in [0.717, 1.165) is 16.4 Å². The lowest BCUT2D eigenvalue weighted by molar-refractivity contribution is 0.529. The first-order chi connectivity index (χ1) is 12.3. The summed E-state index contributed by atoms with van der Waals surface area (Å²) in [7, 11) is 0. The van der Waals surface area contributed by atoms with Gasteiger partial charge in [0.25, 0.3) is 0 Å². The summed E-state index contributed by atoms with van der Waals surface area (Å²) < 4.78 is 20.7. The fraction of sp³-hybridized carbons (Fsp3) is 0.0556. The molecule has 0 saturated carbocycles. The summed E-state index contributed by atoms with van der Waals surface area (Å²) in [6.07, 6.45) is 3.32. The van der Waals surface area contributed by atoms with Gasteiger partial charge in [-0.05, 0) is 36.4 Å². The lowest BCUT2D eigenvalue weighted by atomic mass is 10.2. The molecule has 0 bridgehead atoms. The van der Waals surface area contributed by atoms with E-state index in [4.69, 9.17) is 4.42 Å². The summed E-state index contributed by atoms with van der Waals surface area (Å²) in [6, 6.07) is 16.0. The van der Waals surface area contributed by atoms with Crippen molar-refractivity contribution < 1.29 is 8.81 Å². The van der Waals surface area contributed by atoms with Crippen molar-refractivity contribution in [3.05, 3.63) is 78.8 Å². The minimum atomic E-state index is -0.278. The maximum Gasteiger partial charge on any atom is 0.205 e. The minimum Gasteiger partial charge on any atom is -0.440 e.